The van der Waals surface area contributed by atoms with Crippen LogP contribution in [0.4, 0.5) is 4.39 Å². The van der Waals surface area contributed by atoms with E-state index in [1.165, 1.54) is 18.2 Å². The number of nitrogens with zero attached hydrogens (tertiary/aromatic N) is 1. The van der Waals surface area contributed by atoms with E-state index in [0.29, 0.717) is 13.0 Å². The average molecular weight is 270 g/mol. The lowest BCUT2D eigenvalue weighted by Gasteiger charge is -2.02. The summed E-state index contributed by atoms with van der Waals surface area (Å²) in [4.78, 5) is 15.5. The SMILES string of the molecule is O=C(/C=C/c1ccncc1)NCCc1ccc(F)cc1. The lowest BCUT2D eigenvalue weighted by molar-refractivity contribution is -0.116. The standard InChI is InChI=1S/C16H15FN2O/c17-15-4-1-13(2-5-15)9-12-19-16(20)6-3-14-7-10-18-11-8-14/h1-8,10-11H,9,12H2,(H,19,20)/b6-3+. The second kappa shape index (κ2) is 7.19. The molecule has 0 saturated heterocycles. The maximum atomic E-state index is 12.7. The van der Waals surface area contributed by atoms with Gasteiger partial charge in [0.15, 0.2) is 0 Å². The molecule has 0 aliphatic carbocycles. The van der Waals surface area contributed by atoms with Crippen molar-refractivity contribution in [2.45, 2.75) is 6.42 Å². The molecule has 1 heterocycles. The summed E-state index contributed by atoms with van der Waals surface area (Å²) in [5.74, 6) is -0.401. The first-order valence-corrected chi connectivity index (χ1v) is 6.34. The first-order valence-electron chi connectivity index (χ1n) is 6.34. The van der Waals surface area contributed by atoms with Crippen LogP contribution in [-0.2, 0) is 11.2 Å². The normalized spacial score (nSPS) is 10.7. The minimum Gasteiger partial charge on any atom is -0.352 e. The van der Waals surface area contributed by atoms with Crippen molar-refractivity contribution in [3.05, 3.63) is 71.8 Å². The highest BCUT2D eigenvalue weighted by molar-refractivity contribution is 5.91. The molecule has 0 radical (unpaired) electrons. The fraction of sp³-hybridized carbons (Fsp3) is 0.125. The van der Waals surface area contributed by atoms with Crippen LogP contribution in [0.1, 0.15) is 11.1 Å². The highest BCUT2D eigenvalue weighted by Gasteiger charge is 1.97. The number of carbonyl (C=O) groups is 1. The van der Waals surface area contributed by atoms with Gasteiger partial charge in [-0.25, -0.2) is 4.39 Å². The third-order valence-electron chi connectivity index (χ3n) is 2.76. The summed E-state index contributed by atoms with van der Waals surface area (Å²) in [5, 5.41) is 2.78. The van der Waals surface area contributed by atoms with E-state index < -0.39 is 0 Å². The summed E-state index contributed by atoms with van der Waals surface area (Å²) in [6.07, 6.45) is 7.24. The molecule has 4 heteroatoms. The Kier molecular flexibility index (Phi) is 5.00. The van der Waals surface area contributed by atoms with Crippen LogP contribution in [-0.4, -0.2) is 17.4 Å². The Morgan fingerprint density at radius 2 is 1.85 bits per heavy atom. The topological polar surface area (TPSA) is 42.0 Å². The number of hydrogen-bond acceptors (Lipinski definition) is 2. The molecule has 1 amide bonds. The Bertz CT molecular complexity index is 579. The summed E-state index contributed by atoms with van der Waals surface area (Å²) in [6, 6.07) is 9.91. The number of hydrogen-bond donors (Lipinski definition) is 1. The number of nitrogens with one attached hydrogen (secondary N) is 1. The van der Waals surface area contributed by atoms with E-state index >= 15 is 0 Å². The van der Waals surface area contributed by atoms with Gasteiger partial charge in [0.05, 0.1) is 0 Å². The van der Waals surface area contributed by atoms with Crippen LogP contribution in [0.5, 0.6) is 0 Å². The van der Waals surface area contributed by atoms with Gasteiger partial charge in [0.2, 0.25) is 5.91 Å². The summed E-state index contributed by atoms with van der Waals surface area (Å²) in [7, 11) is 0. The minimum absolute atomic E-state index is 0.149. The molecule has 1 aromatic carbocycles. The predicted molar refractivity (Wildman–Crippen MR) is 76.4 cm³/mol. The van der Waals surface area contributed by atoms with E-state index in [9.17, 15) is 9.18 Å². The molecule has 1 N–H and O–H groups in total. The van der Waals surface area contributed by atoms with Crippen LogP contribution in [0.15, 0.2) is 54.9 Å². The van der Waals surface area contributed by atoms with Gasteiger partial charge in [-0.3, -0.25) is 9.78 Å². The monoisotopic (exact) mass is 270 g/mol. The number of amides is 1. The molecule has 0 fully saturated rings. The van der Waals surface area contributed by atoms with Gasteiger partial charge in [-0.2, -0.15) is 0 Å². The average Bonchev–Trinajstić information content (AvgIpc) is 2.48. The van der Waals surface area contributed by atoms with Gasteiger partial charge in [0, 0.05) is 25.0 Å². The largest absolute Gasteiger partial charge is 0.352 e. The number of benzene rings is 1. The Morgan fingerprint density at radius 1 is 1.15 bits per heavy atom. The number of rotatable bonds is 5. The van der Waals surface area contributed by atoms with Gasteiger partial charge in [-0.1, -0.05) is 12.1 Å². The van der Waals surface area contributed by atoms with E-state index in [0.717, 1.165) is 11.1 Å². The second-order valence-electron chi connectivity index (χ2n) is 4.28. The van der Waals surface area contributed by atoms with Crippen molar-refractivity contribution in [1.82, 2.24) is 10.3 Å². The van der Waals surface area contributed by atoms with Crippen LogP contribution in [0, 0.1) is 5.82 Å². The molecule has 0 spiro atoms. The maximum absolute atomic E-state index is 12.7. The summed E-state index contributed by atoms with van der Waals surface area (Å²) in [5.41, 5.74) is 1.92. The van der Waals surface area contributed by atoms with Crippen molar-refractivity contribution < 1.29 is 9.18 Å². The quantitative estimate of drug-likeness (QED) is 0.848. The Labute approximate surface area is 117 Å². The number of aromatic nitrogens is 1. The first-order chi connectivity index (χ1) is 9.74. The summed E-state index contributed by atoms with van der Waals surface area (Å²) in [6.45, 7) is 0.519. The van der Waals surface area contributed by atoms with Crippen molar-refractivity contribution in [2.75, 3.05) is 6.54 Å². The van der Waals surface area contributed by atoms with E-state index in [2.05, 4.69) is 10.3 Å². The highest BCUT2D eigenvalue weighted by atomic mass is 19.1. The zero-order valence-electron chi connectivity index (χ0n) is 10.9. The molecular weight excluding hydrogens is 255 g/mol. The van der Waals surface area contributed by atoms with Gasteiger partial charge in [-0.05, 0) is 47.9 Å². The molecule has 0 unspecified atom stereocenters. The molecule has 0 bridgehead atoms. The molecule has 2 rings (SSSR count). The van der Waals surface area contributed by atoms with Crippen LogP contribution in [0.25, 0.3) is 6.08 Å². The van der Waals surface area contributed by atoms with Crippen molar-refractivity contribution in [2.24, 2.45) is 0 Å². The van der Waals surface area contributed by atoms with Gasteiger partial charge in [-0.15, -0.1) is 0 Å². The fourth-order valence-electron chi connectivity index (χ4n) is 1.69. The van der Waals surface area contributed by atoms with E-state index in [4.69, 9.17) is 0 Å². The van der Waals surface area contributed by atoms with Crippen LogP contribution < -0.4 is 5.32 Å². The van der Waals surface area contributed by atoms with Crippen LogP contribution >= 0.6 is 0 Å². The molecule has 2 aromatic rings. The highest BCUT2D eigenvalue weighted by Crippen LogP contribution is 2.03. The smallest absolute Gasteiger partial charge is 0.244 e. The number of carbonyl (C=O) groups excluding carboxylic acids is 1. The van der Waals surface area contributed by atoms with Crippen molar-refractivity contribution in [1.29, 1.82) is 0 Å². The Hall–Kier alpha value is -2.49. The van der Waals surface area contributed by atoms with Crippen molar-refractivity contribution >= 4 is 12.0 Å². The summed E-state index contributed by atoms with van der Waals surface area (Å²) < 4.78 is 12.7. The molecule has 1 aromatic heterocycles. The van der Waals surface area contributed by atoms with Gasteiger partial charge in [0.25, 0.3) is 0 Å². The molecule has 0 aliphatic rings. The molecular formula is C16H15FN2O. The third kappa shape index (κ3) is 4.65. The Morgan fingerprint density at radius 3 is 2.55 bits per heavy atom. The van der Waals surface area contributed by atoms with E-state index in [-0.39, 0.29) is 11.7 Å². The van der Waals surface area contributed by atoms with E-state index in [1.807, 2.05) is 12.1 Å². The van der Waals surface area contributed by atoms with Crippen LogP contribution in [0.2, 0.25) is 0 Å². The van der Waals surface area contributed by atoms with Gasteiger partial charge >= 0.3 is 0 Å². The molecule has 0 atom stereocenters. The van der Waals surface area contributed by atoms with E-state index in [1.54, 1.807) is 30.6 Å². The van der Waals surface area contributed by atoms with Crippen LogP contribution in [0.3, 0.4) is 0 Å². The number of pyridine rings is 1. The summed E-state index contributed by atoms with van der Waals surface area (Å²) >= 11 is 0. The lowest BCUT2D eigenvalue weighted by Crippen LogP contribution is -2.23. The number of halogens is 1. The minimum atomic E-state index is -0.252. The second-order valence-corrected chi connectivity index (χ2v) is 4.28. The zero-order chi connectivity index (χ0) is 14.2. The fourth-order valence-corrected chi connectivity index (χ4v) is 1.69. The van der Waals surface area contributed by atoms with Gasteiger partial charge < -0.3 is 5.32 Å². The zero-order valence-corrected chi connectivity index (χ0v) is 10.9. The molecule has 0 aliphatic heterocycles. The Balaban J connectivity index is 1.75. The van der Waals surface area contributed by atoms with Gasteiger partial charge in [0.1, 0.15) is 5.82 Å². The molecule has 20 heavy (non-hydrogen) atoms. The lowest BCUT2D eigenvalue weighted by atomic mass is 10.1. The molecule has 102 valence electrons. The first kappa shape index (κ1) is 13.9. The predicted octanol–water partition coefficient (Wildman–Crippen LogP) is 2.59. The van der Waals surface area contributed by atoms with Crippen molar-refractivity contribution in [3.8, 4) is 0 Å². The molecule has 0 saturated carbocycles. The van der Waals surface area contributed by atoms with Crippen molar-refractivity contribution in [3.63, 3.8) is 0 Å². The maximum Gasteiger partial charge on any atom is 0.244 e. The third-order valence-corrected chi connectivity index (χ3v) is 2.76. The molecule has 3 nitrogen and oxygen atoms in total.